The van der Waals surface area contributed by atoms with Gasteiger partial charge in [0.2, 0.25) is 0 Å². The van der Waals surface area contributed by atoms with Crippen molar-refractivity contribution in [3.8, 4) is 17.1 Å². The normalized spacial score (nSPS) is 10.9. The Morgan fingerprint density at radius 1 is 1.25 bits per heavy atom. The minimum atomic E-state index is -0.419. The summed E-state index contributed by atoms with van der Waals surface area (Å²) < 4.78 is 18.4. The first-order valence-corrected chi connectivity index (χ1v) is 6.69. The zero-order valence-corrected chi connectivity index (χ0v) is 12.6. The molecule has 0 bridgehead atoms. The van der Waals surface area contributed by atoms with Gasteiger partial charge in [-0.05, 0) is 31.0 Å². The van der Waals surface area contributed by atoms with Gasteiger partial charge in [-0.25, -0.2) is 14.4 Å². The monoisotopic (exact) mass is 294 g/mol. The molecule has 0 unspecified atom stereocenters. The van der Waals surface area contributed by atoms with Gasteiger partial charge >= 0.3 is 0 Å². The number of aromatic nitrogens is 2. The van der Waals surface area contributed by atoms with E-state index in [9.17, 15) is 4.39 Å². The van der Waals surface area contributed by atoms with Crippen LogP contribution in [0.15, 0.2) is 18.2 Å². The number of benzene rings is 1. The molecule has 0 aliphatic rings. The molecule has 3 nitrogen and oxygen atoms in total. The molecule has 2 rings (SSSR count). The summed E-state index contributed by atoms with van der Waals surface area (Å²) in [6.45, 7) is 5.98. The van der Waals surface area contributed by atoms with Crippen LogP contribution in [0.1, 0.15) is 31.0 Å². The topological polar surface area (TPSA) is 35.0 Å². The molecule has 5 heteroatoms. The fourth-order valence-corrected chi connectivity index (χ4v) is 2.57. The highest BCUT2D eigenvalue weighted by atomic mass is 35.5. The van der Waals surface area contributed by atoms with Crippen molar-refractivity contribution >= 4 is 11.6 Å². The van der Waals surface area contributed by atoms with E-state index in [1.54, 1.807) is 12.1 Å². The molecule has 0 saturated carbocycles. The third kappa shape index (κ3) is 2.75. The lowest BCUT2D eigenvalue weighted by molar-refractivity contribution is 0.386. The van der Waals surface area contributed by atoms with E-state index in [2.05, 4.69) is 9.97 Å². The zero-order valence-electron chi connectivity index (χ0n) is 11.9. The summed E-state index contributed by atoms with van der Waals surface area (Å²) in [5.74, 6) is 0.459. The van der Waals surface area contributed by atoms with Gasteiger partial charge in [0.25, 0.3) is 0 Å². The molecule has 2 aromatic rings. The number of hydrogen-bond donors (Lipinski definition) is 0. The second kappa shape index (κ2) is 5.75. The average Bonchev–Trinajstić information content (AvgIpc) is 2.37. The van der Waals surface area contributed by atoms with Gasteiger partial charge in [-0.2, -0.15) is 0 Å². The molecular formula is C15H16ClFN2O. The molecule has 0 N–H and O–H groups in total. The second-order valence-corrected chi connectivity index (χ2v) is 5.20. The van der Waals surface area contributed by atoms with Gasteiger partial charge in [-0.3, -0.25) is 0 Å². The molecule has 0 saturated heterocycles. The Hall–Kier alpha value is -1.68. The number of aryl methyl sites for hydroxylation is 1. The fourth-order valence-electron chi connectivity index (χ4n) is 2.13. The number of nitrogens with zero attached hydrogens (tertiary/aromatic N) is 2. The number of methoxy groups -OCH3 is 1. The Morgan fingerprint density at radius 3 is 2.50 bits per heavy atom. The van der Waals surface area contributed by atoms with E-state index in [4.69, 9.17) is 16.3 Å². The maximum atomic E-state index is 13.4. The van der Waals surface area contributed by atoms with Gasteiger partial charge in [-0.15, -0.1) is 0 Å². The van der Waals surface area contributed by atoms with Crippen molar-refractivity contribution in [2.45, 2.75) is 26.7 Å². The largest absolute Gasteiger partial charge is 0.494 e. The van der Waals surface area contributed by atoms with Crippen molar-refractivity contribution < 1.29 is 9.13 Å². The molecular weight excluding hydrogens is 279 g/mol. The van der Waals surface area contributed by atoms with Crippen LogP contribution in [0.5, 0.6) is 5.75 Å². The van der Waals surface area contributed by atoms with E-state index < -0.39 is 5.82 Å². The number of hydrogen-bond acceptors (Lipinski definition) is 3. The molecule has 106 valence electrons. The summed E-state index contributed by atoms with van der Waals surface area (Å²) in [7, 11) is 1.42. The Morgan fingerprint density at radius 2 is 1.95 bits per heavy atom. The molecule has 0 radical (unpaired) electrons. The summed E-state index contributed by atoms with van der Waals surface area (Å²) in [4.78, 5) is 8.76. The Balaban J connectivity index is 2.54. The SMILES string of the molecule is COc1cc(-c2nc(C)c(C(C)C)c(Cl)n2)ccc1F. The van der Waals surface area contributed by atoms with Gasteiger partial charge in [0.1, 0.15) is 5.15 Å². The van der Waals surface area contributed by atoms with Crippen molar-refractivity contribution in [1.82, 2.24) is 9.97 Å². The number of rotatable bonds is 3. The standard InChI is InChI=1S/C15H16ClFN2O/c1-8(2)13-9(3)18-15(19-14(13)16)10-5-6-11(17)12(7-10)20-4/h5-8H,1-4H3. The van der Waals surface area contributed by atoms with Crippen LogP contribution in [0.4, 0.5) is 4.39 Å². The quantitative estimate of drug-likeness (QED) is 0.788. The van der Waals surface area contributed by atoms with E-state index in [0.717, 1.165) is 11.3 Å². The second-order valence-electron chi connectivity index (χ2n) is 4.84. The highest BCUT2D eigenvalue weighted by Gasteiger charge is 2.15. The van der Waals surface area contributed by atoms with Gasteiger partial charge in [-0.1, -0.05) is 25.4 Å². The molecule has 0 fully saturated rings. The van der Waals surface area contributed by atoms with Crippen molar-refractivity contribution in [1.29, 1.82) is 0 Å². The van der Waals surface area contributed by atoms with Crippen LogP contribution in [-0.4, -0.2) is 17.1 Å². The molecule has 0 spiro atoms. The fraction of sp³-hybridized carbons (Fsp3) is 0.333. The van der Waals surface area contributed by atoms with E-state index in [1.165, 1.54) is 13.2 Å². The summed E-state index contributed by atoms with van der Waals surface area (Å²) in [6.07, 6.45) is 0. The minimum Gasteiger partial charge on any atom is -0.494 e. The maximum absolute atomic E-state index is 13.4. The first-order valence-electron chi connectivity index (χ1n) is 6.32. The first kappa shape index (κ1) is 14.7. The number of halogens is 2. The van der Waals surface area contributed by atoms with Crippen molar-refractivity contribution in [2.24, 2.45) is 0 Å². The molecule has 1 heterocycles. The van der Waals surface area contributed by atoms with Crippen LogP contribution in [0.25, 0.3) is 11.4 Å². The molecule has 1 aromatic carbocycles. The molecule has 0 aliphatic heterocycles. The van der Waals surface area contributed by atoms with Gasteiger partial charge in [0.05, 0.1) is 7.11 Å². The van der Waals surface area contributed by atoms with Gasteiger partial charge < -0.3 is 4.74 Å². The number of ether oxygens (including phenoxy) is 1. The lowest BCUT2D eigenvalue weighted by Gasteiger charge is -2.12. The Kier molecular flexibility index (Phi) is 4.23. The lowest BCUT2D eigenvalue weighted by Crippen LogP contribution is -2.02. The van der Waals surface area contributed by atoms with Crippen molar-refractivity contribution in [3.63, 3.8) is 0 Å². The van der Waals surface area contributed by atoms with Crippen LogP contribution in [0, 0.1) is 12.7 Å². The first-order chi connectivity index (χ1) is 9.43. The summed E-state index contributed by atoms with van der Waals surface area (Å²) in [5, 5.41) is 0.436. The minimum absolute atomic E-state index is 0.160. The van der Waals surface area contributed by atoms with Crippen LogP contribution < -0.4 is 4.74 Å². The predicted molar refractivity (Wildman–Crippen MR) is 77.8 cm³/mol. The zero-order chi connectivity index (χ0) is 14.9. The highest BCUT2D eigenvalue weighted by molar-refractivity contribution is 6.30. The Bertz CT molecular complexity index is 621. The highest BCUT2D eigenvalue weighted by Crippen LogP contribution is 2.29. The Labute approximate surface area is 122 Å². The average molecular weight is 295 g/mol. The summed E-state index contributed by atoms with van der Waals surface area (Å²) in [6, 6.07) is 4.50. The van der Waals surface area contributed by atoms with Crippen LogP contribution in [-0.2, 0) is 0 Å². The lowest BCUT2D eigenvalue weighted by atomic mass is 10.0. The van der Waals surface area contributed by atoms with Crippen molar-refractivity contribution in [3.05, 3.63) is 40.4 Å². The smallest absolute Gasteiger partial charge is 0.165 e. The van der Waals surface area contributed by atoms with Gasteiger partial charge in [0.15, 0.2) is 17.4 Å². The third-order valence-electron chi connectivity index (χ3n) is 3.08. The molecule has 1 aromatic heterocycles. The van der Waals surface area contributed by atoms with Crippen LogP contribution in [0.2, 0.25) is 5.15 Å². The molecule has 20 heavy (non-hydrogen) atoms. The molecule has 0 atom stereocenters. The van der Waals surface area contributed by atoms with Crippen molar-refractivity contribution in [2.75, 3.05) is 7.11 Å². The molecule has 0 amide bonds. The summed E-state index contributed by atoms with van der Waals surface area (Å²) in [5.41, 5.74) is 2.44. The van der Waals surface area contributed by atoms with Gasteiger partial charge in [0, 0.05) is 16.8 Å². The summed E-state index contributed by atoms with van der Waals surface area (Å²) >= 11 is 6.23. The predicted octanol–water partition coefficient (Wildman–Crippen LogP) is 4.38. The third-order valence-corrected chi connectivity index (χ3v) is 3.36. The maximum Gasteiger partial charge on any atom is 0.165 e. The van der Waals surface area contributed by atoms with Crippen LogP contribution >= 0.6 is 11.6 Å². The van der Waals surface area contributed by atoms with E-state index >= 15 is 0 Å². The van der Waals surface area contributed by atoms with Crippen LogP contribution in [0.3, 0.4) is 0 Å². The van der Waals surface area contributed by atoms with E-state index in [0.29, 0.717) is 16.5 Å². The van der Waals surface area contributed by atoms with E-state index in [-0.39, 0.29) is 11.7 Å². The molecule has 0 aliphatic carbocycles. The van der Waals surface area contributed by atoms with E-state index in [1.807, 2.05) is 20.8 Å².